The molecule has 2 aliphatic rings. The number of carbonyl (C=O) groups excluding carboxylic acids is 1. The van der Waals surface area contributed by atoms with E-state index in [1.165, 1.54) is 12.1 Å². The number of hydrogen-bond acceptors (Lipinski definition) is 4. The van der Waals surface area contributed by atoms with E-state index in [-0.39, 0.29) is 16.6 Å². The summed E-state index contributed by atoms with van der Waals surface area (Å²) in [5.74, 6) is -1.77. The fourth-order valence-corrected chi connectivity index (χ4v) is 5.46. The maximum absolute atomic E-state index is 13.6. The van der Waals surface area contributed by atoms with Gasteiger partial charge in [0.15, 0.2) is 0 Å². The van der Waals surface area contributed by atoms with Gasteiger partial charge in [-0.3, -0.25) is 20.2 Å². The molecular weight excluding hydrogens is 409 g/mol. The van der Waals surface area contributed by atoms with Crippen LogP contribution in [0.25, 0.3) is 0 Å². The minimum Gasteiger partial charge on any atom is -0.354 e. The Labute approximate surface area is 184 Å². The third kappa shape index (κ3) is 3.08. The molecule has 2 aliphatic heterocycles. The molecule has 0 bridgehead atoms. The second-order valence-corrected chi connectivity index (χ2v) is 8.38. The SMILES string of the molecule is O=C1NC[C@H](c2ccc(F)cc2)[C@]12N[C@H](c1ccccc1)[C@H]([N+](=O)[O-])[C@H]2c1ccccc1. The van der Waals surface area contributed by atoms with Crippen LogP contribution in [0.2, 0.25) is 0 Å². The van der Waals surface area contributed by atoms with Crippen molar-refractivity contribution in [3.8, 4) is 0 Å². The first-order valence-electron chi connectivity index (χ1n) is 10.6. The maximum atomic E-state index is 13.6. The smallest absolute Gasteiger partial charge is 0.241 e. The van der Waals surface area contributed by atoms with Crippen molar-refractivity contribution in [3.63, 3.8) is 0 Å². The van der Waals surface area contributed by atoms with Crippen molar-refractivity contribution in [3.05, 3.63) is 118 Å². The van der Waals surface area contributed by atoms with Gasteiger partial charge in [-0.15, -0.1) is 0 Å². The van der Waals surface area contributed by atoms with E-state index >= 15 is 0 Å². The second kappa shape index (κ2) is 7.84. The van der Waals surface area contributed by atoms with E-state index < -0.39 is 29.5 Å². The van der Waals surface area contributed by atoms with Crippen molar-refractivity contribution < 1.29 is 14.1 Å². The van der Waals surface area contributed by atoms with E-state index in [0.717, 1.165) is 16.7 Å². The van der Waals surface area contributed by atoms with Gasteiger partial charge in [0.1, 0.15) is 17.4 Å². The molecule has 5 atom stereocenters. The number of nitro groups is 1. The molecule has 1 amide bonds. The van der Waals surface area contributed by atoms with Gasteiger partial charge in [-0.2, -0.15) is 0 Å². The fraction of sp³-hybridized carbons (Fsp3) is 0.240. The Balaban J connectivity index is 1.73. The van der Waals surface area contributed by atoms with Crippen LogP contribution in [0.5, 0.6) is 0 Å². The van der Waals surface area contributed by atoms with E-state index in [1.807, 2.05) is 60.7 Å². The monoisotopic (exact) mass is 431 g/mol. The zero-order valence-corrected chi connectivity index (χ0v) is 17.1. The number of halogens is 1. The molecule has 7 heteroatoms. The highest BCUT2D eigenvalue weighted by Gasteiger charge is 2.68. The van der Waals surface area contributed by atoms with Crippen LogP contribution in [0.15, 0.2) is 84.9 Å². The average Bonchev–Trinajstić information content (AvgIpc) is 3.34. The summed E-state index contributed by atoms with van der Waals surface area (Å²) in [5.41, 5.74) is 0.986. The first-order chi connectivity index (χ1) is 15.5. The van der Waals surface area contributed by atoms with Gasteiger partial charge in [0.2, 0.25) is 11.9 Å². The predicted molar refractivity (Wildman–Crippen MR) is 117 cm³/mol. The van der Waals surface area contributed by atoms with Crippen LogP contribution in [-0.4, -0.2) is 29.0 Å². The van der Waals surface area contributed by atoms with Crippen LogP contribution in [0.3, 0.4) is 0 Å². The highest BCUT2D eigenvalue weighted by Crippen LogP contribution is 2.53. The molecule has 5 rings (SSSR count). The fourth-order valence-electron chi connectivity index (χ4n) is 5.46. The van der Waals surface area contributed by atoms with E-state index in [9.17, 15) is 19.3 Å². The minimum atomic E-state index is -1.25. The lowest BCUT2D eigenvalue weighted by Gasteiger charge is -2.34. The van der Waals surface area contributed by atoms with Crippen molar-refractivity contribution in [1.29, 1.82) is 0 Å². The maximum Gasteiger partial charge on any atom is 0.241 e. The summed E-state index contributed by atoms with van der Waals surface area (Å²) in [5, 5.41) is 18.8. The molecule has 2 saturated heterocycles. The Bertz CT molecular complexity index is 1140. The van der Waals surface area contributed by atoms with Gasteiger partial charge in [-0.25, -0.2) is 4.39 Å². The van der Waals surface area contributed by atoms with Gasteiger partial charge < -0.3 is 5.32 Å². The zero-order valence-electron chi connectivity index (χ0n) is 17.1. The Morgan fingerprint density at radius 3 is 2.06 bits per heavy atom. The Morgan fingerprint density at radius 2 is 1.47 bits per heavy atom. The Hall–Kier alpha value is -3.58. The summed E-state index contributed by atoms with van der Waals surface area (Å²) in [4.78, 5) is 25.7. The van der Waals surface area contributed by atoms with Gasteiger partial charge in [0.05, 0.1) is 5.92 Å². The molecule has 3 aromatic rings. The molecule has 2 heterocycles. The van der Waals surface area contributed by atoms with Crippen molar-refractivity contribution in [1.82, 2.24) is 10.6 Å². The number of benzene rings is 3. The van der Waals surface area contributed by atoms with Gasteiger partial charge in [-0.05, 0) is 28.8 Å². The summed E-state index contributed by atoms with van der Waals surface area (Å²) in [7, 11) is 0. The second-order valence-electron chi connectivity index (χ2n) is 8.38. The topological polar surface area (TPSA) is 84.3 Å². The molecule has 2 N–H and O–H groups in total. The van der Waals surface area contributed by atoms with Crippen molar-refractivity contribution in [2.75, 3.05) is 6.54 Å². The summed E-state index contributed by atoms with van der Waals surface area (Å²) in [6.45, 7) is 0.312. The molecule has 0 saturated carbocycles. The van der Waals surface area contributed by atoms with E-state index in [1.54, 1.807) is 12.1 Å². The molecule has 162 valence electrons. The molecule has 0 aromatic heterocycles. The first kappa shape index (κ1) is 20.3. The molecule has 0 radical (unpaired) electrons. The van der Waals surface area contributed by atoms with Gasteiger partial charge >= 0.3 is 0 Å². The van der Waals surface area contributed by atoms with Gasteiger partial charge in [-0.1, -0.05) is 72.8 Å². The van der Waals surface area contributed by atoms with E-state index in [4.69, 9.17) is 0 Å². The van der Waals surface area contributed by atoms with Gasteiger partial charge in [0, 0.05) is 17.4 Å². The number of nitrogens with zero attached hydrogens (tertiary/aromatic N) is 1. The van der Waals surface area contributed by atoms with Crippen LogP contribution >= 0.6 is 0 Å². The van der Waals surface area contributed by atoms with Crippen molar-refractivity contribution in [2.45, 2.75) is 29.5 Å². The summed E-state index contributed by atoms with van der Waals surface area (Å²) in [6, 6.07) is 22.7. The molecular formula is C25H22FN3O3. The largest absolute Gasteiger partial charge is 0.354 e. The Morgan fingerprint density at radius 1 is 0.875 bits per heavy atom. The van der Waals surface area contributed by atoms with E-state index in [0.29, 0.717) is 6.54 Å². The van der Waals surface area contributed by atoms with Crippen LogP contribution in [0.1, 0.15) is 34.6 Å². The lowest BCUT2D eigenvalue weighted by molar-refractivity contribution is -0.527. The number of rotatable bonds is 4. The van der Waals surface area contributed by atoms with Crippen LogP contribution < -0.4 is 10.6 Å². The molecule has 32 heavy (non-hydrogen) atoms. The summed E-state index contributed by atoms with van der Waals surface area (Å²) < 4.78 is 13.6. The lowest BCUT2D eigenvalue weighted by Crippen LogP contribution is -2.54. The number of carbonyl (C=O) groups is 1. The highest BCUT2D eigenvalue weighted by molar-refractivity contribution is 5.92. The van der Waals surface area contributed by atoms with E-state index in [2.05, 4.69) is 10.6 Å². The van der Waals surface area contributed by atoms with Crippen LogP contribution in [0, 0.1) is 15.9 Å². The van der Waals surface area contributed by atoms with Crippen molar-refractivity contribution >= 4 is 5.91 Å². The Kier molecular flexibility index (Phi) is 4.98. The molecule has 2 fully saturated rings. The predicted octanol–water partition coefficient (Wildman–Crippen LogP) is 3.55. The van der Waals surface area contributed by atoms with Crippen LogP contribution in [-0.2, 0) is 4.79 Å². The molecule has 3 aromatic carbocycles. The molecule has 1 spiro atoms. The third-order valence-corrected chi connectivity index (χ3v) is 6.79. The zero-order chi connectivity index (χ0) is 22.3. The quantitative estimate of drug-likeness (QED) is 0.489. The van der Waals surface area contributed by atoms with Crippen molar-refractivity contribution in [2.24, 2.45) is 0 Å². The number of nitrogens with one attached hydrogen (secondary N) is 2. The molecule has 0 aliphatic carbocycles. The van der Waals surface area contributed by atoms with Crippen LogP contribution in [0.4, 0.5) is 4.39 Å². The molecule has 6 nitrogen and oxygen atoms in total. The average molecular weight is 431 g/mol. The summed E-state index contributed by atoms with van der Waals surface area (Å²) in [6.07, 6.45) is 0. The highest BCUT2D eigenvalue weighted by atomic mass is 19.1. The number of hydrogen-bond donors (Lipinski definition) is 2. The normalized spacial score (nSPS) is 29.2. The minimum absolute atomic E-state index is 0.272. The lowest BCUT2D eigenvalue weighted by atomic mass is 9.69. The number of amides is 1. The van der Waals surface area contributed by atoms with Gasteiger partial charge in [0.25, 0.3) is 0 Å². The third-order valence-electron chi connectivity index (χ3n) is 6.79. The molecule has 0 unspecified atom stereocenters. The standard InChI is InChI=1S/C25H22FN3O3/c26-19-13-11-16(12-14-19)20-15-27-24(30)25(20)21(17-7-3-1-4-8-17)23(29(31)32)22(28-25)18-9-5-2-6-10-18/h1-14,20-23,28H,15H2,(H,27,30)/t20-,21-,22-,23-,25-/m1/s1. The first-order valence-corrected chi connectivity index (χ1v) is 10.6. The summed E-state index contributed by atoms with van der Waals surface area (Å²) >= 11 is 0.